The van der Waals surface area contributed by atoms with E-state index in [1.165, 1.54) is 0 Å². The van der Waals surface area contributed by atoms with Crippen LogP contribution in [0.5, 0.6) is 0 Å². The molecule has 0 unspecified atom stereocenters. The third-order valence-electron chi connectivity index (χ3n) is 3.07. The van der Waals surface area contributed by atoms with Crippen LogP contribution in [-0.4, -0.2) is 23.3 Å². The highest BCUT2D eigenvalue weighted by Crippen LogP contribution is 2.36. The zero-order valence-electron chi connectivity index (χ0n) is 12.7. The molecule has 1 aliphatic rings. The van der Waals surface area contributed by atoms with Gasteiger partial charge in [-0.1, -0.05) is 0 Å². The first-order valence-electron chi connectivity index (χ1n) is 6.55. The smallest absolute Gasteiger partial charge is 0.399 e. The van der Waals surface area contributed by atoms with Crippen molar-refractivity contribution in [2.24, 2.45) is 0 Å². The molecule has 3 nitrogen and oxygen atoms in total. The van der Waals surface area contributed by atoms with Crippen LogP contribution in [0.3, 0.4) is 0 Å². The van der Waals surface area contributed by atoms with Crippen molar-refractivity contribution in [2.75, 3.05) is 0 Å². The van der Waals surface area contributed by atoms with Gasteiger partial charge in [0.25, 0.3) is 0 Å². The number of hydrogen-bond donors (Lipinski definition) is 0. The Bertz CT molecular complexity index is 497. The summed E-state index contributed by atoms with van der Waals surface area (Å²) in [6.45, 7) is 7.28. The van der Waals surface area contributed by atoms with E-state index < -0.39 is 36.5 Å². The third kappa shape index (κ3) is 1.85. The Morgan fingerprint density at radius 2 is 1.88 bits per heavy atom. The van der Waals surface area contributed by atoms with Gasteiger partial charge >= 0.3 is 7.12 Å². The molecule has 5 heteroatoms. The molecule has 0 aliphatic carbocycles. The first-order chi connectivity index (χ1) is 8.57. The van der Waals surface area contributed by atoms with Gasteiger partial charge in [0.15, 0.2) is 0 Å². The lowest BCUT2D eigenvalue weighted by molar-refractivity contribution is 0.00578. The van der Waals surface area contributed by atoms with Crippen molar-refractivity contribution in [3.63, 3.8) is 0 Å². The summed E-state index contributed by atoms with van der Waals surface area (Å²) in [4.78, 5) is 3.19. The average Bonchev–Trinajstić information content (AvgIpc) is 2.45. The van der Waals surface area contributed by atoms with E-state index in [2.05, 4.69) is 4.98 Å². The maximum atomic E-state index is 13.4. The molecule has 1 aliphatic heterocycles. The number of nitrogens with zero attached hydrogens (tertiary/aromatic N) is 1. The van der Waals surface area contributed by atoms with Crippen LogP contribution < -0.4 is 5.46 Å². The van der Waals surface area contributed by atoms with E-state index in [1.54, 1.807) is 0 Å². The molecule has 0 saturated carbocycles. The molecule has 1 fully saturated rings. The molecule has 1 aromatic rings. The molecule has 2 heterocycles. The fourth-order valence-electron chi connectivity index (χ4n) is 1.39. The third-order valence-corrected chi connectivity index (χ3v) is 3.07. The van der Waals surface area contributed by atoms with Gasteiger partial charge in [-0.3, -0.25) is 0 Å². The minimum Gasteiger partial charge on any atom is -0.399 e. The van der Waals surface area contributed by atoms with Crippen molar-refractivity contribution in [3.05, 3.63) is 24.2 Å². The SMILES string of the molecule is [2H]c1nc(F)c([2H])c(B2OC(C)(C)C(C)(C)O2)c1[2H]. The van der Waals surface area contributed by atoms with E-state index >= 15 is 0 Å². The molecule has 16 heavy (non-hydrogen) atoms. The summed E-state index contributed by atoms with van der Waals surface area (Å²) in [5.74, 6) is -1.09. The largest absolute Gasteiger partial charge is 0.495 e. The van der Waals surface area contributed by atoms with Gasteiger partial charge in [0.1, 0.15) is 0 Å². The second kappa shape index (κ2) is 3.53. The van der Waals surface area contributed by atoms with Gasteiger partial charge in [-0.05, 0) is 45.2 Å². The summed E-state index contributed by atoms with van der Waals surface area (Å²) in [6.07, 6.45) is -0.529. The molecule has 0 bridgehead atoms. The molecular weight excluding hydrogens is 208 g/mol. The van der Waals surface area contributed by atoms with Crippen LogP contribution in [0.1, 0.15) is 31.8 Å². The van der Waals surface area contributed by atoms with Gasteiger partial charge in [-0.25, -0.2) is 4.98 Å². The Balaban J connectivity index is 2.51. The quantitative estimate of drug-likeness (QED) is 0.537. The van der Waals surface area contributed by atoms with Gasteiger partial charge < -0.3 is 9.31 Å². The number of pyridine rings is 1. The Labute approximate surface area is 99.3 Å². The summed E-state index contributed by atoms with van der Waals surface area (Å²) in [6, 6.07) is -0.899. The van der Waals surface area contributed by atoms with Gasteiger partial charge in [-0.15, -0.1) is 0 Å². The van der Waals surface area contributed by atoms with Crippen LogP contribution in [0.25, 0.3) is 0 Å². The Morgan fingerprint density at radius 1 is 1.31 bits per heavy atom. The first-order valence-corrected chi connectivity index (χ1v) is 5.05. The molecule has 0 aromatic carbocycles. The van der Waals surface area contributed by atoms with Crippen molar-refractivity contribution in [1.82, 2.24) is 4.98 Å². The molecule has 0 atom stereocenters. The minimum absolute atomic E-state index is 0.0869. The van der Waals surface area contributed by atoms with E-state index in [-0.39, 0.29) is 11.5 Å². The highest BCUT2D eigenvalue weighted by Gasteiger charge is 2.51. The zero-order valence-corrected chi connectivity index (χ0v) is 9.72. The highest BCUT2D eigenvalue weighted by molar-refractivity contribution is 6.62. The van der Waals surface area contributed by atoms with Crippen molar-refractivity contribution in [3.8, 4) is 0 Å². The van der Waals surface area contributed by atoms with E-state index in [0.29, 0.717) is 0 Å². The average molecular weight is 226 g/mol. The second-order valence-electron chi connectivity index (χ2n) is 4.77. The molecule has 0 amide bonds. The molecule has 0 N–H and O–H groups in total. The lowest BCUT2D eigenvalue weighted by Gasteiger charge is -2.32. The fourth-order valence-corrected chi connectivity index (χ4v) is 1.39. The number of halogens is 1. The van der Waals surface area contributed by atoms with Gasteiger partial charge in [0.05, 0.1) is 15.3 Å². The second-order valence-corrected chi connectivity index (χ2v) is 4.77. The molecule has 1 saturated heterocycles. The van der Waals surface area contributed by atoms with E-state index in [9.17, 15) is 4.39 Å². The lowest BCUT2D eigenvalue weighted by Crippen LogP contribution is -2.41. The van der Waals surface area contributed by atoms with Crippen LogP contribution in [0, 0.1) is 5.95 Å². The number of rotatable bonds is 1. The van der Waals surface area contributed by atoms with Crippen LogP contribution in [-0.2, 0) is 9.31 Å². The summed E-state index contributed by atoms with van der Waals surface area (Å²) >= 11 is 0. The summed E-state index contributed by atoms with van der Waals surface area (Å²) in [5.41, 5.74) is -1.40. The minimum atomic E-state index is -1.09. The lowest BCUT2D eigenvalue weighted by atomic mass is 9.80. The van der Waals surface area contributed by atoms with E-state index in [4.69, 9.17) is 13.4 Å². The summed E-state index contributed by atoms with van der Waals surface area (Å²) in [7, 11) is -1.04. The zero-order chi connectivity index (χ0) is 14.6. The maximum absolute atomic E-state index is 13.4. The topological polar surface area (TPSA) is 31.4 Å². The van der Waals surface area contributed by atoms with Crippen LogP contribution in [0.15, 0.2) is 18.3 Å². The monoisotopic (exact) mass is 226 g/mol. The predicted octanol–water partition coefficient (Wildman–Crippen LogP) is 1.52. The molecular formula is C11H15BFNO2. The summed E-state index contributed by atoms with van der Waals surface area (Å²) < 4.78 is 47.7. The van der Waals surface area contributed by atoms with Crippen molar-refractivity contribution in [2.45, 2.75) is 38.9 Å². The number of hydrogen-bond acceptors (Lipinski definition) is 3. The van der Waals surface area contributed by atoms with Gasteiger partial charge in [0, 0.05) is 6.17 Å². The highest BCUT2D eigenvalue weighted by atomic mass is 19.1. The van der Waals surface area contributed by atoms with Crippen LogP contribution in [0.2, 0.25) is 0 Å². The Morgan fingerprint density at radius 3 is 2.44 bits per heavy atom. The molecule has 86 valence electrons. The van der Waals surface area contributed by atoms with Crippen LogP contribution in [0.4, 0.5) is 4.39 Å². The maximum Gasteiger partial charge on any atom is 0.495 e. The van der Waals surface area contributed by atoms with E-state index in [0.717, 1.165) is 0 Å². The molecule has 2 rings (SSSR count). The predicted molar refractivity (Wildman–Crippen MR) is 59.9 cm³/mol. The Kier molecular flexibility index (Phi) is 1.81. The molecule has 1 aromatic heterocycles. The first kappa shape index (κ1) is 8.20. The van der Waals surface area contributed by atoms with Crippen LogP contribution >= 0.6 is 0 Å². The van der Waals surface area contributed by atoms with Gasteiger partial charge in [0.2, 0.25) is 5.95 Å². The summed E-state index contributed by atoms with van der Waals surface area (Å²) in [5, 5.41) is 0. The molecule has 0 spiro atoms. The number of aromatic nitrogens is 1. The fraction of sp³-hybridized carbons (Fsp3) is 0.545. The van der Waals surface area contributed by atoms with Crippen molar-refractivity contribution in [1.29, 1.82) is 0 Å². The normalized spacial score (nSPS) is 25.1. The molecule has 0 radical (unpaired) electrons. The standard InChI is InChI=1S/C11H15BFNO2/c1-10(2)11(3,4)16-12(15-10)8-5-6-14-9(13)7-8/h5-7H,1-4H3/i5D,6D,7D. The van der Waals surface area contributed by atoms with Crippen molar-refractivity contribution < 1.29 is 17.8 Å². The Hall–Kier alpha value is -0.935. The van der Waals surface area contributed by atoms with Crippen molar-refractivity contribution >= 4 is 12.6 Å². The van der Waals surface area contributed by atoms with Gasteiger partial charge in [-0.2, -0.15) is 4.39 Å². The van der Waals surface area contributed by atoms with E-state index in [1.807, 2.05) is 27.7 Å².